The average molecular weight is 193 g/mol. The Morgan fingerprint density at radius 1 is 1.46 bits per heavy atom. The number of nitrogens with one attached hydrogen (secondary N) is 1. The zero-order valence-electron chi connectivity index (χ0n) is 6.86. The number of H-pyrrole nitrogens is 1. The van der Waals surface area contributed by atoms with Crippen molar-refractivity contribution in [2.75, 3.05) is 6.54 Å². The first-order valence-electron chi connectivity index (χ1n) is 3.85. The molecule has 3 nitrogen and oxygen atoms in total. The fraction of sp³-hybridized carbons (Fsp3) is 0.571. The lowest BCUT2D eigenvalue weighted by molar-refractivity contribution is -0.141. The standard InChI is InChI=1S/C7H10F3N3/c8-7(9,10)6-5(2-1-3-11)4-12-13-6/h4H,1-3,11H2,(H,12,13). The van der Waals surface area contributed by atoms with E-state index in [9.17, 15) is 13.2 Å². The SMILES string of the molecule is NCCCc1cn[nH]c1C(F)(F)F. The van der Waals surface area contributed by atoms with Crippen LogP contribution in [0.2, 0.25) is 0 Å². The molecule has 3 N–H and O–H groups in total. The van der Waals surface area contributed by atoms with Crippen LogP contribution in [0.1, 0.15) is 17.7 Å². The summed E-state index contributed by atoms with van der Waals surface area (Å²) in [6.45, 7) is 0.377. The Morgan fingerprint density at radius 2 is 2.15 bits per heavy atom. The molecule has 0 bridgehead atoms. The second-order valence-corrected chi connectivity index (χ2v) is 2.66. The van der Waals surface area contributed by atoms with E-state index in [1.807, 2.05) is 5.10 Å². The minimum absolute atomic E-state index is 0.179. The molecule has 0 fully saturated rings. The fourth-order valence-corrected chi connectivity index (χ4v) is 1.04. The first-order chi connectivity index (χ1) is 6.05. The van der Waals surface area contributed by atoms with Crippen LogP contribution in [0.15, 0.2) is 6.20 Å². The van der Waals surface area contributed by atoms with Crippen LogP contribution in [0.4, 0.5) is 13.2 Å². The molecule has 0 amide bonds. The lowest BCUT2D eigenvalue weighted by Gasteiger charge is -2.05. The zero-order valence-corrected chi connectivity index (χ0v) is 6.86. The third-order valence-corrected chi connectivity index (χ3v) is 1.65. The van der Waals surface area contributed by atoms with Crippen molar-refractivity contribution in [3.05, 3.63) is 17.5 Å². The van der Waals surface area contributed by atoms with Crippen molar-refractivity contribution in [1.82, 2.24) is 10.2 Å². The molecular weight excluding hydrogens is 183 g/mol. The van der Waals surface area contributed by atoms with Gasteiger partial charge in [-0.2, -0.15) is 18.3 Å². The first-order valence-corrected chi connectivity index (χ1v) is 3.85. The van der Waals surface area contributed by atoms with E-state index in [0.29, 0.717) is 19.4 Å². The van der Waals surface area contributed by atoms with E-state index in [-0.39, 0.29) is 5.56 Å². The van der Waals surface area contributed by atoms with Gasteiger partial charge in [-0.3, -0.25) is 5.10 Å². The van der Waals surface area contributed by atoms with Gasteiger partial charge in [-0.25, -0.2) is 0 Å². The maximum atomic E-state index is 12.2. The normalized spacial score (nSPS) is 12.0. The molecule has 6 heteroatoms. The number of rotatable bonds is 3. The van der Waals surface area contributed by atoms with Crippen LogP contribution >= 0.6 is 0 Å². The average Bonchev–Trinajstić information content (AvgIpc) is 2.47. The van der Waals surface area contributed by atoms with E-state index in [1.54, 1.807) is 0 Å². The van der Waals surface area contributed by atoms with Crippen LogP contribution in [0.25, 0.3) is 0 Å². The molecule has 0 aliphatic rings. The summed E-state index contributed by atoms with van der Waals surface area (Å²) >= 11 is 0. The molecule has 0 unspecified atom stereocenters. The van der Waals surface area contributed by atoms with Crippen LogP contribution in [0.3, 0.4) is 0 Å². The highest BCUT2D eigenvalue weighted by atomic mass is 19.4. The summed E-state index contributed by atoms with van der Waals surface area (Å²) in [5.41, 5.74) is 4.61. The highest BCUT2D eigenvalue weighted by Gasteiger charge is 2.34. The Hall–Kier alpha value is -1.04. The minimum Gasteiger partial charge on any atom is -0.330 e. The van der Waals surface area contributed by atoms with Crippen molar-refractivity contribution >= 4 is 0 Å². The van der Waals surface area contributed by atoms with Crippen molar-refractivity contribution in [1.29, 1.82) is 0 Å². The van der Waals surface area contributed by atoms with E-state index in [1.165, 1.54) is 6.20 Å². The van der Waals surface area contributed by atoms with E-state index >= 15 is 0 Å². The summed E-state index contributed by atoms with van der Waals surface area (Å²) in [7, 11) is 0. The van der Waals surface area contributed by atoms with Crippen LogP contribution in [0.5, 0.6) is 0 Å². The molecule has 1 aromatic rings. The van der Waals surface area contributed by atoms with Gasteiger partial charge in [0.05, 0.1) is 6.20 Å². The first kappa shape index (κ1) is 10.0. The van der Waals surface area contributed by atoms with Crippen molar-refractivity contribution < 1.29 is 13.2 Å². The van der Waals surface area contributed by atoms with Gasteiger partial charge in [0, 0.05) is 5.56 Å². The summed E-state index contributed by atoms with van der Waals surface area (Å²) in [6, 6.07) is 0. The van der Waals surface area contributed by atoms with Gasteiger partial charge < -0.3 is 5.73 Å². The van der Waals surface area contributed by atoms with E-state index < -0.39 is 11.9 Å². The van der Waals surface area contributed by atoms with Crippen molar-refractivity contribution in [3.8, 4) is 0 Å². The third-order valence-electron chi connectivity index (χ3n) is 1.65. The van der Waals surface area contributed by atoms with Crippen LogP contribution in [-0.4, -0.2) is 16.7 Å². The molecule has 0 aliphatic heterocycles. The number of hydrogen-bond acceptors (Lipinski definition) is 2. The van der Waals surface area contributed by atoms with Gasteiger partial charge in [-0.1, -0.05) is 0 Å². The minimum atomic E-state index is -4.35. The topological polar surface area (TPSA) is 54.7 Å². The van der Waals surface area contributed by atoms with Crippen molar-refractivity contribution in [2.24, 2.45) is 5.73 Å². The number of aryl methyl sites for hydroxylation is 1. The molecule has 0 aromatic carbocycles. The number of hydrogen-bond donors (Lipinski definition) is 2. The largest absolute Gasteiger partial charge is 0.433 e. The van der Waals surface area contributed by atoms with Gasteiger partial charge in [0.15, 0.2) is 0 Å². The number of aromatic amines is 1. The Balaban J connectivity index is 2.77. The van der Waals surface area contributed by atoms with E-state index in [4.69, 9.17) is 5.73 Å². The smallest absolute Gasteiger partial charge is 0.330 e. The lowest BCUT2D eigenvalue weighted by atomic mass is 10.1. The van der Waals surface area contributed by atoms with Gasteiger partial charge in [0.2, 0.25) is 0 Å². The lowest BCUT2D eigenvalue weighted by Crippen LogP contribution is -2.10. The second kappa shape index (κ2) is 3.78. The Kier molecular flexibility index (Phi) is 2.92. The quantitative estimate of drug-likeness (QED) is 0.760. The maximum absolute atomic E-state index is 12.2. The van der Waals surface area contributed by atoms with Gasteiger partial charge >= 0.3 is 6.18 Å². The monoisotopic (exact) mass is 193 g/mol. The van der Waals surface area contributed by atoms with Crippen LogP contribution in [0, 0.1) is 0 Å². The molecule has 13 heavy (non-hydrogen) atoms. The molecule has 1 rings (SSSR count). The summed E-state index contributed by atoms with van der Waals surface area (Å²) < 4.78 is 36.6. The Bertz CT molecular complexity index is 266. The molecule has 0 saturated heterocycles. The number of alkyl halides is 3. The molecule has 0 radical (unpaired) electrons. The number of nitrogens with two attached hydrogens (primary N) is 1. The summed E-state index contributed by atoms with van der Waals surface area (Å²) in [4.78, 5) is 0. The van der Waals surface area contributed by atoms with Crippen LogP contribution in [-0.2, 0) is 12.6 Å². The summed E-state index contributed by atoms with van der Waals surface area (Å²) in [6.07, 6.45) is -2.32. The maximum Gasteiger partial charge on any atom is 0.433 e. The molecule has 1 aromatic heterocycles. The molecule has 74 valence electrons. The van der Waals surface area contributed by atoms with Crippen molar-refractivity contribution in [3.63, 3.8) is 0 Å². The number of halogens is 3. The summed E-state index contributed by atoms with van der Waals surface area (Å²) in [5, 5.41) is 5.29. The molecular formula is C7H10F3N3. The van der Waals surface area contributed by atoms with Gasteiger partial charge in [0.25, 0.3) is 0 Å². The van der Waals surface area contributed by atoms with Crippen molar-refractivity contribution in [2.45, 2.75) is 19.0 Å². The van der Waals surface area contributed by atoms with Gasteiger partial charge in [0.1, 0.15) is 5.69 Å². The molecule has 0 spiro atoms. The zero-order chi connectivity index (χ0) is 9.90. The molecule has 0 saturated carbocycles. The molecule has 0 atom stereocenters. The predicted octanol–water partition coefficient (Wildman–Crippen LogP) is 1.32. The second-order valence-electron chi connectivity index (χ2n) is 2.66. The molecule has 0 aliphatic carbocycles. The van der Waals surface area contributed by atoms with Crippen LogP contribution < -0.4 is 5.73 Å². The third kappa shape index (κ3) is 2.45. The summed E-state index contributed by atoms with van der Waals surface area (Å²) in [5.74, 6) is 0. The van der Waals surface area contributed by atoms with E-state index in [2.05, 4.69) is 5.10 Å². The Morgan fingerprint density at radius 3 is 2.69 bits per heavy atom. The van der Waals surface area contributed by atoms with Gasteiger partial charge in [-0.05, 0) is 19.4 Å². The predicted molar refractivity (Wildman–Crippen MR) is 41.0 cm³/mol. The fourth-order valence-electron chi connectivity index (χ4n) is 1.04. The van der Waals surface area contributed by atoms with Gasteiger partial charge in [-0.15, -0.1) is 0 Å². The Labute approximate surface area is 73.1 Å². The molecule has 1 heterocycles. The highest BCUT2D eigenvalue weighted by molar-refractivity contribution is 5.19. The van der Waals surface area contributed by atoms with E-state index in [0.717, 1.165) is 0 Å². The highest BCUT2D eigenvalue weighted by Crippen LogP contribution is 2.30. The number of nitrogens with zero attached hydrogens (tertiary/aromatic N) is 1. The number of aromatic nitrogens is 2.